The molecule has 1 amide bonds. The first-order valence-electron chi connectivity index (χ1n) is 4.50. The Kier molecular flexibility index (Phi) is 4.46. The van der Waals surface area contributed by atoms with E-state index in [9.17, 15) is 18.0 Å². The van der Waals surface area contributed by atoms with Gasteiger partial charge in [-0.1, -0.05) is 17.9 Å². The molecule has 0 saturated carbocycles. The van der Waals surface area contributed by atoms with Crippen LogP contribution in [0.5, 0.6) is 0 Å². The lowest BCUT2D eigenvalue weighted by molar-refractivity contribution is -0.117. The summed E-state index contributed by atoms with van der Waals surface area (Å²) < 4.78 is 36.3. The van der Waals surface area contributed by atoms with Crippen LogP contribution in [0.15, 0.2) is 29.2 Å². The number of halogens is 3. The molecule has 0 aromatic heterocycles. The molecule has 0 spiro atoms. The fourth-order valence-electron chi connectivity index (χ4n) is 1.00. The van der Waals surface area contributed by atoms with Gasteiger partial charge in [-0.05, 0) is 30.0 Å². The van der Waals surface area contributed by atoms with Crippen LogP contribution in [-0.4, -0.2) is 11.4 Å². The first kappa shape index (κ1) is 13.5. The van der Waals surface area contributed by atoms with Gasteiger partial charge in [0.1, 0.15) is 0 Å². The molecule has 0 heterocycles. The molecule has 1 aromatic rings. The molecular formula is C11H8F3NOS. The van der Waals surface area contributed by atoms with Crippen molar-refractivity contribution in [3.8, 4) is 11.8 Å². The van der Waals surface area contributed by atoms with Gasteiger partial charge in [0.25, 0.3) is 0 Å². The molecule has 0 aliphatic heterocycles. The van der Waals surface area contributed by atoms with E-state index in [-0.39, 0.29) is 23.1 Å². The second-order valence-electron chi connectivity index (χ2n) is 3.02. The molecule has 0 saturated heterocycles. The SMILES string of the molecule is NC(=O)CC#Cc1cccc(SC(F)(F)F)c1. The molecule has 0 aliphatic carbocycles. The van der Waals surface area contributed by atoms with Crippen molar-refractivity contribution < 1.29 is 18.0 Å². The number of amides is 1. The summed E-state index contributed by atoms with van der Waals surface area (Å²) in [7, 11) is 0. The Morgan fingerprint density at radius 1 is 1.41 bits per heavy atom. The van der Waals surface area contributed by atoms with Crippen LogP contribution < -0.4 is 5.73 Å². The Morgan fingerprint density at radius 3 is 2.71 bits per heavy atom. The molecular weight excluding hydrogens is 251 g/mol. The summed E-state index contributed by atoms with van der Waals surface area (Å²) in [6.07, 6.45) is -0.114. The van der Waals surface area contributed by atoms with Crippen LogP contribution in [0.2, 0.25) is 0 Å². The van der Waals surface area contributed by atoms with Gasteiger partial charge in [0, 0.05) is 10.5 Å². The van der Waals surface area contributed by atoms with Crippen molar-refractivity contribution in [3.63, 3.8) is 0 Å². The van der Waals surface area contributed by atoms with Gasteiger partial charge in [0.2, 0.25) is 5.91 Å². The molecule has 1 aromatic carbocycles. The number of nitrogens with two attached hydrogens (primary N) is 1. The molecule has 0 bridgehead atoms. The van der Waals surface area contributed by atoms with Crippen molar-refractivity contribution in [2.24, 2.45) is 5.73 Å². The number of alkyl halides is 3. The maximum absolute atomic E-state index is 12.1. The highest BCUT2D eigenvalue weighted by atomic mass is 32.2. The summed E-state index contributed by atoms with van der Waals surface area (Å²) in [5.74, 6) is 4.48. The number of carbonyl (C=O) groups is 1. The number of thioether (sulfide) groups is 1. The Morgan fingerprint density at radius 2 is 2.12 bits per heavy atom. The molecule has 0 atom stereocenters. The predicted molar refractivity (Wildman–Crippen MR) is 59.0 cm³/mol. The zero-order valence-corrected chi connectivity index (χ0v) is 9.36. The molecule has 6 heteroatoms. The summed E-state index contributed by atoms with van der Waals surface area (Å²) in [6.45, 7) is 0. The molecule has 1 rings (SSSR count). The van der Waals surface area contributed by atoms with Crippen molar-refractivity contribution in [2.75, 3.05) is 0 Å². The average molecular weight is 259 g/mol. The van der Waals surface area contributed by atoms with Gasteiger partial charge in [0.15, 0.2) is 0 Å². The van der Waals surface area contributed by atoms with E-state index < -0.39 is 11.4 Å². The monoisotopic (exact) mass is 259 g/mol. The molecule has 0 radical (unpaired) electrons. The minimum absolute atomic E-state index is 0.0587. The maximum Gasteiger partial charge on any atom is 0.446 e. The number of primary amides is 1. The molecule has 0 unspecified atom stereocenters. The normalized spacial score (nSPS) is 10.5. The van der Waals surface area contributed by atoms with Gasteiger partial charge < -0.3 is 5.73 Å². The van der Waals surface area contributed by atoms with Crippen molar-refractivity contribution in [1.82, 2.24) is 0 Å². The molecule has 2 N–H and O–H groups in total. The summed E-state index contributed by atoms with van der Waals surface area (Å²) >= 11 is -0.205. The molecule has 2 nitrogen and oxygen atoms in total. The smallest absolute Gasteiger partial charge is 0.369 e. The third-order valence-electron chi connectivity index (χ3n) is 1.56. The van der Waals surface area contributed by atoms with Gasteiger partial charge in [-0.25, -0.2) is 0 Å². The summed E-state index contributed by atoms with van der Waals surface area (Å²) in [5.41, 5.74) is 0.972. The molecule has 90 valence electrons. The van der Waals surface area contributed by atoms with E-state index in [1.807, 2.05) is 0 Å². The number of hydrogen-bond acceptors (Lipinski definition) is 2. The highest BCUT2D eigenvalue weighted by Gasteiger charge is 2.29. The summed E-state index contributed by atoms with van der Waals surface area (Å²) in [4.78, 5) is 10.5. The van der Waals surface area contributed by atoms with Crippen LogP contribution in [0, 0.1) is 11.8 Å². The molecule has 0 fully saturated rings. The third kappa shape index (κ3) is 5.88. The number of benzene rings is 1. The molecule has 0 aliphatic rings. The van der Waals surface area contributed by atoms with Gasteiger partial charge in [-0.15, -0.1) is 0 Å². The van der Waals surface area contributed by atoms with E-state index in [1.165, 1.54) is 18.2 Å². The Bertz CT molecular complexity index is 474. The lowest BCUT2D eigenvalue weighted by Crippen LogP contribution is -2.08. The lowest BCUT2D eigenvalue weighted by Gasteiger charge is -2.04. The van der Waals surface area contributed by atoms with Crippen molar-refractivity contribution in [1.29, 1.82) is 0 Å². The van der Waals surface area contributed by atoms with Crippen molar-refractivity contribution >= 4 is 17.7 Å². The first-order valence-corrected chi connectivity index (χ1v) is 5.31. The Balaban J connectivity index is 2.78. The maximum atomic E-state index is 12.1. The second-order valence-corrected chi connectivity index (χ2v) is 4.16. The van der Waals surface area contributed by atoms with E-state index in [1.54, 1.807) is 6.07 Å². The first-order chi connectivity index (χ1) is 7.87. The highest BCUT2D eigenvalue weighted by Crippen LogP contribution is 2.36. The summed E-state index contributed by atoms with van der Waals surface area (Å²) in [5, 5.41) is 0. The lowest BCUT2D eigenvalue weighted by atomic mass is 10.2. The quantitative estimate of drug-likeness (QED) is 0.655. The van der Waals surface area contributed by atoms with Crippen LogP contribution >= 0.6 is 11.8 Å². The number of carbonyl (C=O) groups excluding carboxylic acids is 1. The number of hydrogen-bond donors (Lipinski definition) is 1. The standard InChI is InChI=1S/C11H8F3NOS/c12-11(13,14)17-9-5-1-3-8(7-9)4-2-6-10(15)16/h1,3,5,7H,6H2,(H2,15,16). The van der Waals surface area contributed by atoms with Crippen LogP contribution in [0.1, 0.15) is 12.0 Å². The zero-order chi connectivity index (χ0) is 12.9. The van der Waals surface area contributed by atoms with E-state index in [0.717, 1.165) is 0 Å². The van der Waals surface area contributed by atoms with E-state index in [0.29, 0.717) is 5.56 Å². The highest BCUT2D eigenvalue weighted by molar-refractivity contribution is 8.00. The Labute approximate surface area is 100 Å². The average Bonchev–Trinajstić information content (AvgIpc) is 2.14. The van der Waals surface area contributed by atoms with E-state index >= 15 is 0 Å². The van der Waals surface area contributed by atoms with Crippen LogP contribution in [-0.2, 0) is 4.79 Å². The van der Waals surface area contributed by atoms with Gasteiger partial charge >= 0.3 is 5.51 Å². The van der Waals surface area contributed by atoms with Crippen LogP contribution in [0.4, 0.5) is 13.2 Å². The van der Waals surface area contributed by atoms with E-state index in [4.69, 9.17) is 5.73 Å². The van der Waals surface area contributed by atoms with Crippen LogP contribution in [0.25, 0.3) is 0 Å². The predicted octanol–water partition coefficient (Wildman–Crippen LogP) is 2.53. The van der Waals surface area contributed by atoms with Gasteiger partial charge in [0.05, 0.1) is 6.42 Å². The molecule has 17 heavy (non-hydrogen) atoms. The summed E-state index contributed by atoms with van der Waals surface area (Å²) in [6, 6.07) is 5.69. The minimum atomic E-state index is -4.32. The van der Waals surface area contributed by atoms with E-state index in [2.05, 4.69) is 11.8 Å². The number of rotatable bonds is 2. The van der Waals surface area contributed by atoms with Gasteiger partial charge in [-0.3, -0.25) is 4.79 Å². The van der Waals surface area contributed by atoms with Crippen molar-refractivity contribution in [2.45, 2.75) is 16.8 Å². The topological polar surface area (TPSA) is 43.1 Å². The van der Waals surface area contributed by atoms with Crippen molar-refractivity contribution in [3.05, 3.63) is 29.8 Å². The second kappa shape index (κ2) is 5.64. The minimum Gasteiger partial charge on any atom is -0.369 e. The third-order valence-corrected chi connectivity index (χ3v) is 2.28. The largest absolute Gasteiger partial charge is 0.446 e. The van der Waals surface area contributed by atoms with Gasteiger partial charge in [-0.2, -0.15) is 13.2 Å². The van der Waals surface area contributed by atoms with Crippen LogP contribution in [0.3, 0.4) is 0 Å². The Hall–Kier alpha value is -1.61. The zero-order valence-electron chi connectivity index (χ0n) is 8.54. The fraction of sp³-hybridized carbons (Fsp3) is 0.182. The fourth-order valence-corrected chi connectivity index (χ4v) is 1.60.